The van der Waals surface area contributed by atoms with E-state index in [1.54, 1.807) is 20.4 Å². The van der Waals surface area contributed by atoms with Gasteiger partial charge in [0.1, 0.15) is 5.82 Å². The predicted octanol–water partition coefficient (Wildman–Crippen LogP) is 3.73. The lowest BCUT2D eigenvalue weighted by Gasteiger charge is -2.22. The highest BCUT2D eigenvalue weighted by molar-refractivity contribution is 5.45. The maximum Gasteiger partial charge on any atom is 0.224 e. The first-order valence-corrected chi connectivity index (χ1v) is 8.74. The summed E-state index contributed by atoms with van der Waals surface area (Å²) in [5.74, 6) is 3.03. The molecule has 1 aromatic carbocycles. The number of nitrogens with zero attached hydrogens (tertiary/aromatic N) is 3. The third-order valence-electron chi connectivity index (χ3n) is 3.85. The Balaban J connectivity index is 2.07. The Hall–Kier alpha value is -2.50. The summed E-state index contributed by atoms with van der Waals surface area (Å²) in [6.07, 6.45) is 3.99. The molecule has 0 aliphatic rings. The minimum Gasteiger partial charge on any atom is -0.493 e. The van der Waals surface area contributed by atoms with Gasteiger partial charge in [0.25, 0.3) is 0 Å². The highest BCUT2D eigenvalue weighted by Gasteiger charge is 2.08. The Morgan fingerprint density at radius 1 is 1.00 bits per heavy atom. The largest absolute Gasteiger partial charge is 0.493 e. The van der Waals surface area contributed by atoms with E-state index in [-0.39, 0.29) is 0 Å². The first-order valence-electron chi connectivity index (χ1n) is 8.74. The van der Waals surface area contributed by atoms with Crippen LogP contribution in [-0.2, 0) is 6.54 Å². The normalized spacial score (nSPS) is 10.4. The van der Waals surface area contributed by atoms with Crippen LogP contribution in [0.15, 0.2) is 30.5 Å². The molecule has 2 rings (SSSR count). The van der Waals surface area contributed by atoms with Crippen LogP contribution in [-0.4, -0.2) is 37.3 Å². The molecule has 0 radical (unpaired) electrons. The van der Waals surface area contributed by atoms with Gasteiger partial charge in [-0.3, -0.25) is 0 Å². The first kappa shape index (κ1) is 18.8. The number of aromatic nitrogens is 2. The number of anilines is 2. The van der Waals surface area contributed by atoms with Gasteiger partial charge in [-0.1, -0.05) is 19.9 Å². The van der Waals surface area contributed by atoms with Gasteiger partial charge in [0, 0.05) is 25.8 Å². The van der Waals surface area contributed by atoms with E-state index < -0.39 is 0 Å². The Kier molecular flexibility index (Phi) is 7.32. The number of benzene rings is 1. The van der Waals surface area contributed by atoms with Crippen molar-refractivity contribution in [3.8, 4) is 11.5 Å². The van der Waals surface area contributed by atoms with Crippen LogP contribution in [0, 0.1) is 0 Å². The average Bonchev–Trinajstić information content (AvgIpc) is 2.66. The quantitative estimate of drug-likeness (QED) is 0.709. The van der Waals surface area contributed by atoms with Gasteiger partial charge in [-0.05, 0) is 36.6 Å². The van der Waals surface area contributed by atoms with Crippen LogP contribution in [0.5, 0.6) is 11.5 Å². The summed E-state index contributed by atoms with van der Waals surface area (Å²) in [6, 6.07) is 7.82. The second-order valence-electron chi connectivity index (χ2n) is 5.77. The zero-order valence-corrected chi connectivity index (χ0v) is 15.6. The van der Waals surface area contributed by atoms with Crippen LogP contribution in [0.1, 0.15) is 32.3 Å². The predicted molar refractivity (Wildman–Crippen MR) is 102 cm³/mol. The lowest BCUT2D eigenvalue weighted by Crippen LogP contribution is -2.26. The van der Waals surface area contributed by atoms with Crippen molar-refractivity contribution in [2.75, 3.05) is 37.5 Å². The summed E-state index contributed by atoms with van der Waals surface area (Å²) in [5.41, 5.74) is 1.07. The maximum absolute atomic E-state index is 5.34. The van der Waals surface area contributed by atoms with Crippen molar-refractivity contribution < 1.29 is 9.47 Å². The van der Waals surface area contributed by atoms with Crippen LogP contribution < -0.4 is 19.7 Å². The van der Waals surface area contributed by atoms with Crippen molar-refractivity contribution in [3.05, 3.63) is 36.0 Å². The average molecular weight is 344 g/mol. The zero-order valence-electron chi connectivity index (χ0n) is 15.6. The zero-order chi connectivity index (χ0) is 18.1. The fourth-order valence-corrected chi connectivity index (χ4v) is 2.66. The van der Waals surface area contributed by atoms with Gasteiger partial charge in [-0.15, -0.1) is 0 Å². The van der Waals surface area contributed by atoms with E-state index in [2.05, 4.69) is 34.0 Å². The van der Waals surface area contributed by atoms with Crippen LogP contribution in [0.2, 0.25) is 0 Å². The van der Waals surface area contributed by atoms with Crippen molar-refractivity contribution >= 4 is 11.8 Å². The maximum atomic E-state index is 5.34. The minimum atomic E-state index is 0.616. The number of methoxy groups -OCH3 is 2. The van der Waals surface area contributed by atoms with E-state index in [0.717, 1.165) is 43.1 Å². The van der Waals surface area contributed by atoms with E-state index in [1.165, 1.54) is 0 Å². The molecule has 2 aromatic rings. The summed E-state index contributed by atoms with van der Waals surface area (Å²) in [7, 11) is 3.27. The molecule has 1 heterocycles. The van der Waals surface area contributed by atoms with Gasteiger partial charge in [0.2, 0.25) is 5.95 Å². The fourth-order valence-electron chi connectivity index (χ4n) is 2.66. The monoisotopic (exact) mass is 344 g/mol. The van der Waals surface area contributed by atoms with Crippen LogP contribution in [0.3, 0.4) is 0 Å². The second kappa shape index (κ2) is 9.71. The molecule has 1 aromatic heterocycles. The Labute approximate surface area is 150 Å². The van der Waals surface area contributed by atoms with Crippen molar-refractivity contribution in [2.24, 2.45) is 0 Å². The number of nitrogens with one attached hydrogen (secondary N) is 1. The summed E-state index contributed by atoms with van der Waals surface area (Å²) < 4.78 is 10.6. The summed E-state index contributed by atoms with van der Waals surface area (Å²) in [5, 5.41) is 3.28. The molecule has 0 amide bonds. The number of hydrogen-bond donors (Lipinski definition) is 1. The van der Waals surface area contributed by atoms with Crippen LogP contribution >= 0.6 is 0 Å². The lowest BCUT2D eigenvalue weighted by atomic mass is 10.2. The molecule has 25 heavy (non-hydrogen) atoms. The topological polar surface area (TPSA) is 59.5 Å². The molecular weight excluding hydrogens is 316 g/mol. The van der Waals surface area contributed by atoms with Gasteiger partial charge in [-0.25, -0.2) is 4.98 Å². The van der Waals surface area contributed by atoms with Gasteiger partial charge < -0.3 is 19.7 Å². The molecule has 0 bridgehead atoms. The molecular formula is C19H28N4O2. The molecule has 0 saturated heterocycles. The molecule has 0 saturated carbocycles. The highest BCUT2D eigenvalue weighted by Crippen LogP contribution is 2.27. The minimum absolute atomic E-state index is 0.616. The molecule has 0 unspecified atom stereocenters. The van der Waals surface area contributed by atoms with Gasteiger partial charge in [-0.2, -0.15) is 4.98 Å². The van der Waals surface area contributed by atoms with E-state index in [4.69, 9.17) is 9.47 Å². The Bertz CT molecular complexity index is 658. The van der Waals surface area contributed by atoms with Gasteiger partial charge in [0.05, 0.1) is 14.2 Å². The van der Waals surface area contributed by atoms with Gasteiger partial charge in [0.15, 0.2) is 11.5 Å². The van der Waals surface area contributed by atoms with E-state index in [9.17, 15) is 0 Å². The van der Waals surface area contributed by atoms with Crippen molar-refractivity contribution in [2.45, 2.75) is 33.2 Å². The molecule has 6 heteroatoms. The Morgan fingerprint density at radius 2 is 1.72 bits per heavy atom. The molecule has 136 valence electrons. The molecule has 0 fully saturated rings. The van der Waals surface area contributed by atoms with Crippen molar-refractivity contribution in [1.29, 1.82) is 0 Å². The summed E-state index contributed by atoms with van der Waals surface area (Å²) in [4.78, 5) is 11.3. The SMILES string of the molecule is CCCN(CCC)c1ccnc(NCc2ccc(OC)c(OC)c2)n1. The lowest BCUT2D eigenvalue weighted by molar-refractivity contribution is 0.354. The third kappa shape index (κ3) is 5.24. The number of hydrogen-bond acceptors (Lipinski definition) is 6. The standard InChI is InChI=1S/C19H28N4O2/c1-5-11-23(12-6-2)18-9-10-20-19(22-18)21-14-15-7-8-16(24-3)17(13-15)25-4/h7-10,13H,5-6,11-12,14H2,1-4H3,(H,20,21,22). The third-order valence-corrected chi connectivity index (χ3v) is 3.85. The fraction of sp³-hybridized carbons (Fsp3) is 0.474. The van der Waals surface area contributed by atoms with E-state index in [1.807, 2.05) is 24.3 Å². The second-order valence-corrected chi connectivity index (χ2v) is 5.77. The van der Waals surface area contributed by atoms with Crippen molar-refractivity contribution in [1.82, 2.24) is 9.97 Å². The molecule has 0 aliphatic carbocycles. The highest BCUT2D eigenvalue weighted by atomic mass is 16.5. The first-order chi connectivity index (χ1) is 12.2. The summed E-state index contributed by atoms with van der Waals surface area (Å²) in [6.45, 7) is 6.98. The smallest absolute Gasteiger partial charge is 0.224 e. The molecule has 0 atom stereocenters. The molecule has 1 N–H and O–H groups in total. The summed E-state index contributed by atoms with van der Waals surface area (Å²) >= 11 is 0. The number of ether oxygens (including phenoxy) is 2. The van der Waals surface area contributed by atoms with E-state index in [0.29, 0.717) is 18.2 Å². The van der Waals surface area contributed by atoms with E-state index >= 15 is 0 Å². The molecule has 0 spiro atoms. The van der Waals surface area contributed by atoms with Crippen LogP contribution in [0.25, 0.3) is 0 Å². The van der Waals surface area contributed by atoms with Gasteiger partial charge >= 0.3 is 0 Å². The Morgan fingerprint density at radius 3 is 2.36 bits per heavy atom. The molecule has 0 aliphatic heterocycles. The molecule has 6 nitrogen and oxygen atoms in total. The number of rotatable bonds is 10. The van der Waals surface area contributed by atoms with Crippen molar-refractivity contribution in [3.63, 3.8) is 0 Å². The van der Waals surface area contributed by atoms with Crippen LogP contribution in [0.4, 0.5) is 11.8 Å².